The van der Waals surface area contributed by atoms with Crippen LogP contribution in [0.2, 0.25) is 5.02 Å². The molecule has 2 N–H and O–H groups in total. The molecule has 0 spiro atoms. The van der Waals surface area contributed by atoms with Crippen LogP contribution in [-0.2, 0) is 13.1 Å². The Morgan fingerprint density at radius 3 is 2.36 bits per heavy atom. The zero-order chi connectivity index (χ0) is 26.2. The van der Waals surface area contributed by atoms with Crippen LogP contribution in [0.15, 0.2) is 59.5 Å². The molecular formula is C24H23ClF3N5O3. The average molecular weight is 522 g/mol. The van der Waals surface area contributed by atoms with E-state index in [1.807, 2.05) is 25.1 Å². The first-order chi connectivity index (χ1) is 17.0. The molecule has 0 aliphatic heterocycles. The number of nitrogens with zero attached hydrogens (tertiary/aromatic N) is 5. The Bertz CT molecular complexity index is 1420. The summed E-state index contributed by atoms with van der Waals surface area (Å²) in [5.41, 5.74) is 1.38. The number of hydrogen-bond donors (Lipinski definition) is 2. The maximum absolute atomic E-state index is 13.2. The lowest BCUT2D eigenvalue weighted by molar-refractivity contribution is -0.207. The smallest absolute Gasteiger partial charge is 0.385 e. The van der Waals surface area contributed by atoms with Gasteiger partial charge in [0.2, 0.25) is 0 Å². The van der Waals surface area contributed by atoms with Gasteiger partial charge >= 0.3 is 11.9 Å². The SMILES string of the molecule is Cc1ccccc1-n1nc(Cn2cc(-c3ccc(Cl)cc3)n(CC(O)C(F)(F)F)c2=O)nc1[C@H](C)O. The summed E-state index contributed by atoms with van der Waals surface area (Å²) in [7, 11) is 0. The third-order valence-corrected chi connectivity index (χ3v) is 5.88. The second kappa shape index (κ2) is 9.92. The predicted molar refractivity (Wildman–Crippen MR) is 127 cm³/mol. The molecule has 12 heteroatoms. The minimum absolute atomic E-state index is 0.161. The van der Waals surface area contributed by atoms with Crippen molar-refractivity contribution in [2.45, 2.75) is 45.3 Å². The highest BCUT2D eigenvalue weighted by Crippen LogP contribution is 2.26. The van der Waals surface area contributed by atoms with E-state index in [0.29, 0.717) is 16.3 Å². The summed E-state index contributed by atoms with van der Waals surface area (Å²) in [6.07, 6.45) is -7.24. The maximum atomic E-state index is 13.2. The molecule has 0 radical (unpaired) electrons. The Balaban J connectivity index is 1.78. The summed E-state index contributed by atoms with van der Waals surface area (Å²) < 4.78 is 42.8. The van der Waals surface area contributed by atoms with Crippen molar-refractivity contribution in [1.82, 2.24) is 23.9 Å². The summed E-state index contributed by atoms with van der Waals surface area (Å²) in [6.45, 7) is 2.24. The third-order valence-electron chi connectivity index (χ3n) is 5.62. The van der Waals surface area contributed by atoms with E-state index in [2.05, 4.69) is 10.1 Å². The largest absolute Gasteiger partial charge is 0.416 e. The van der Waals surface area contributed by atoms with Gasteiger partial charge in [0.25, 0.3) is 0 Å². The van der Waals surface area contributed by atoms with Crippen LogP contribution < -0.4 is 5.69 Å². The van der Waals surface area contributed by atoms with Crippen LogP contribution in [0.3, 0.4) is 0 Å². The average Bonchev–Trinajstić information content (AvgIpc) is 3.36. The predicted octanol–water partition coefficient (Wildman–Crippen LogP) is 3.88. The maximum Gasteiger partial charge on any atom is 0.416 e. The molecule has 0 saturated carbocycles. The van der Waals surface area contributed by atoms with Crippen molar-refractivity contribution < 1.29 is 23.4 Å². The van der Waals surface area contributed by atoms with Gasteiger partial charge < -0.3 is 10.2 Å². The van der Waals surface area contributed by atoms with E-state index >= 15 is 0 Å². The van der Waals surface area contributed by atoms with Crippen molar-refractivity contribution in [2.75, 3.05) is 0 Å². The minimum atomic E-state index is -4.90. The minimum Gasteiger partial charge on any atom is -0.385 e. The van der Waals surface area contributed by atoms with Gasteiger partial charge in [0, 0.05) is 11.2 Å². The Morgan fingerprint density at radius 2 is 1.75 bits per heavy atom. The molecular weight excluding hydrogens is 499 g/mol. The van der Waals surface area contributed by atoms with Crippen molar-refractivity contribution in [3.8, 4) is 16.9 Å². The topological polar surface area (TPSA) is 98.1 Å². The van der Waals surface area contributed by atoms with Crippen LogP contribution in [0, 0.1) is 6.92 Å². The zero-order valence-electron chi connectivity index (χ0n) is 19.3. The Morgan fingerprint density at radius 1 is 1.08 bits per heavy atom. The lowest BCUT2D eigenvalue weighted by atomic mass is 10.1. The Hall–Kier alpha value is -3.41. The van der Waals surface area contributed by atoms with Crippen LogP contribution >= 0.6 is 11.6 Å². The molecule has 0 fully saturated rings. The van der Waals surface area contributed by atoms with Gasteiger partial charge in [0.1, 0.15) is 6.10 Å². The van der Waals surface area contributed by atoms with Gasteiger partial charge in [0.15, 0.2) is 17.8 Å². The van der Waals surface area contributed by atoms with Crippen molar-refractivity contribution in [1.29, 1.82) is 0 Å². The fraction of sp³-hybridized carbons (Fsp3) is 0.292. The second-order valence-electron chi connectivity index (χ2n) is 8.36. The first-order valence-electron chi connectivity index (χ1n) is 11.0. The van der Waals surface area contributed by atoms with Crippen LogP contribution in [0.1, 0.15) is 30.2 Å². The van der Waals surface area contributed by atoms with Gasteiger partial charge in [-0.3, -0.25) is 9.13 Å². The number of halogens is 4. The molecule has 0 saturated heterocycles. The molecule has 0 amide bonds. The molecule has 36 heavy (non-hydrogen) atoms. The normalized spacial score (nSPS) is 13.7. The summed E-state index contributed by atoms with van der Waals surface area (Å²) in [5, 5.41) is 24.8. The quantitative estimate of drug-likeness (QED) is 0.384. The molecule has 4 rings (SSSR count). The second-order valence-corrected chi connectivity index (χ2v) is 8.80. The molecule has 0 bridgehead atoms. The van der Waals surface area contributed by atoms with Crippen molar-refractivity contribution in [3.05, 3.63) is 87.4 Å². The molecule has 1 unspecified atom stereocenters. The molecule has 2 heterocycles. The van der Waals surface area contributed by atoms with Crippen LogP contribution in [0.4, 0.5) is 13.2 Å². The molecule has 2 atom stereocenters. The molecule has 8 nitrogen and oxygen atoms in total. The number of aromatic nitrogens is 5. The highest BCUT2D eigenvalue weighted by atomic mass is 35.5. The number of aryl methyl sites for hydroxylation is 1. The third kappa shape index (κ3) is 5.23. The lowest BCUT2D eigenvalue weighted by Gasteiger charge is -2.16. The van der Waals surface area contributed by atoms with E-state index in [-0.39, 0.29) is 23.9 Å². The summed E-state index contributed by atoms with van der Waals surface area (Å²) in [6, 6.07) is 13.6. The van der Waals surface area contributed by atoms with E-state index in [9.17, 15) is 28.2 Å². The lowest BCUT2D eigenvalue weighted by Crippen LogP contribution is -2.37. The molecule has 2 aromatic carbocycles. The van der Waals surface area contributed by atoms with Gasteiger partial charge in [-0.15, -0.1) is 5.10 Å². The fourth-order valence-electron chi connectivity index (χ4n) is 3.78. The van der Waals surface area contributed by atoms with E-state index < -0.39 is 30.6 Å². The highest BCUT2D eigenvalue weighted by molar-refractivity contribution is 6.30. The summed E-state index contributed by atoms with van der Waals surface area (Å²) >= 11 is 5.93. The van der Waals surface area contributed by atoms with Crippen LogP contribution in [-0.4, -0.2) is 46.4 Å². The van der Waals surface area contributed by atoms with Crippen LogP contribution in [0.5, 0.6) is 0 Å². The summed E-state index contributed by atoms with van der Waals surface area (Å²) in [4.78, 5) is 17.5. The number of alkyl halides is 3. The van der Waals surface area contributed by atoms with Gasteiger partial charge in [-0.1, -0.05) is 41.9 Å². The van der Waals surface area contributed by atoms with Crippen molar-refractivity contribution in [3.63, 3.8) is 0 Å². The fourth-order valence-corrected chi connectivity index (χ4v) is 3.91. The first-order valence-corrected chi connectivity index (χ1v) is 11.3. The van der Waals surface area contributed by atoms with Gasteiger partial charge in [-0.25, -0.2) is 14.5 Å². The standard InChI is InChI=1S/C24H23ClF3N5O3/c1-14-5-3-4-6-18(14)33-22(15(2)34)29-21(30-33)13-31-11-19(16-7-9-17(25)10-8-16)32(23(31)36)12-20(35)24(26,27)28/h3-11,15,20,34-35H,12-13H2,1-2H3/t15-,20?/m0/s1. The Labute approximate surface area is 208 Å². The van der Waals surface area contributed by atoms with E-state index in [1.165, 1.54) is 17.8 Å². The number of aliphatic hydroxyl groups is 2. The number of para-hydroxylation sites is 1. The van der Waals surface area contributed by atoms with Gasteiger partial charge in [-0.05, 0) is 43.2 Å². The van der Waals surface area contributed by atoms with E-state index in [4.69, 9.17) is 11.6 Å². The van der Waals surface area contributed by atoms with E-state index in [1.54, 1.807) is 30.3 Å². The van der Waals surface area contributed by atoms with Crippen molar-refractivity contribution >= 4 is 11.6 Å². The molecule has 0 aliphatic rings. The molecule has 0 aliphatic carbocycles. The highest BCUT2D eigenvalue weighted by Gasteiger charge is 2.39. The van der Waals surface area contributed by atoms with Gasteiger partial charge in [-0.2, -0.15) is 13.2 Å². The Kier molecular flexibility index (Phi) is 7.07. The first kappa shape index (κ1) is 25.7. The molecule has 190 valence electrons. The van der Waals surface area contributed by atoms with E-state index in [0.717, 1.165) is 14.7 Å². The monoisotopic (exact) mass is 521 g/mol. The molecule has 4 aromatic rings. The summed E-state index contributed by atoms with van der Waals surface area (Å²) in [5.74, 6) is 0.421. The molecule has 2 aromatic heterocycles. The number of imidazole rings is 1. The number of hydrogen-bond acceptors (Lipinski definition) is 5. The zero-order valence-corrected chi connectivity index (χ0v) is 20.1. The van der Waals surface area contributed by atoms with Gasteiger partial charge in [0.05, 0.1) is 24.5 Å². The van der Waals surface area contributed by atoms with Crippen LogP contribution in [0.25, 0.3) is 16.9 Å². The number of rotatable bonds is 7. The number of benzene rings is 2. The van der Waals surface area contributed by atoms with Crippen molar-refractivity contribution in [2.24, 2.45) is 0 Å². The number of aliphatic hydroxyl groups excluding tert-OH is 2.